The van der Waals surface area contributed by atoms with E-state index in [1.54, 1.807) is 7.11 Å². The largest absolute Gasteiger partial charge is 0.501 e. The number of benzene rings is 1. The SMILES string of the molecule is CC/C(OC)=C(\C)c1cc(C(=O)CCC/C=C2/Nc3ccc(C)cc3N2C)cc(C)n1. The third kappa shape index (κ3) is 5.16. The van der Waals surface area contributed by atoms with Gasteiger partial charge in [-0.3, -0.25) is 9.78 Å². The molecule has 0 fully saturated rings. The van der Waals surface area contributed by atoms with Crippen molar-refractivity contribution in [1.82, 2.24) is 4.98 Å². The molecule has 0 spiro atoms. The minimum atomic E-state index is 0.153. The lowest BCUT2D eigenvalue weighted by Crippen LogP contribution is -2.14. The van der Waals surface area contributed by atoms with Crippen molar-refractivity contribution in [1.29, 1.82) is 0 Å². The second kappa shape index (κ2) is 9.82. The molecule has 0 unspecified atom stereocenters. The minimum Gasteiger partial charge on any atom is -0.501 e. The first-order chi connectivity index (χ1) is 14.8. The molecule has 1 aromatic carbocycles. The van der Waals surface area contributed by atoms with Crippen molar-refractivity contribution in [3.8, 4) is 0 Å². The van der Waals surface area contributed by atoms with Gasteiger partial charge < -0.3 is 15.0 Å². The van der Waals surface area contributed by atoms with Crippen LogP contribution in [0.4, 0.5) is 11.4 Å². The van der Waals surface area contributed by atoms with Crippen molar-refractivity contribution < 1.29 is 9.53 Å². The number of carbonyl (C=O) groups excluding carboxylic acids is 1. The van der Waals surface area contributed by atoms with Gasteiger partial charge in [-0.05, 0) is 69.5 Å². The fraction of sp³-hybridized carbons (Fsp3) is 0.385. The average Bonchev–Trinajstić information content (AvgIpc) is 3.06. The zero-order chi connectivity index (χ0) is 22.5. The number of nitrogens with one attached hydrogen (secondary N) is 1. The van der Waals surface area contributed by atoms with Gasteiger partial charge in [0.25, 0.3) is 0 Å². The van der Waals surface area contributed by atoms with E-state index in [0.717, 1.165) is 59.1 Å². The zero-order valence-corrected chi connectivity index (χ0v) is 19.5. The number of ketones is 1. The van der Waals surface area contributed by atoms with Crippen LogP contribution in [0.5, 0.6) is 0 Å². The van der Waals surface area contributed by atoms with E-state index >= 15 is 0 Å². The Morgan fingerprint density at radius 2 is 2.00 bits per heavy atom. The molecule has 0 amide bonds. The summed E-state index contributed by atoms with van der Waals surface area (Å²) in [5, 5.41) is 3.46. The molecule has 2 aromatic rings. The van der Waals surface area contributed by atoms with E-state index in [9.17, 15) is 4.79 Å². The van der Waals surface area contributed by atoms with Crippen LogP contribution in [-0.2, 0) is 4.74 Å². The Balaban J connectivity index is 1.63. The normalized spacial score (nSPS) is 14.9. The fourth-order valence-corrected chi connectivity index (χ4v) is 3.94. The molecule has 1 N–H and O–H groups in total. The van der Waals surface area contributed by atoms with Gasteiger partial charge in [0.1, 0.15) is 11.6 Å². The van der Waals surface area contributed by atoms with Gasteiger partial charge in [-0.2, -0.15) is 0 Å². The third-order valence-corrected chi connectivity index (χ3v) is 5.73. The van der Waals surface area contributed by atoms with Crippen molar-refractivity contribution in [3.63, 3.8) is 0 Å². The van der Waals surface area contributed by atoms with E-state index in [1.807, 2.05) is 26.0 Å². The summed E-state index contributed by atoms with van der Waals surface area (Å²) < 4.78 is 5.46. The quantitative estimate of drug-likeness (QED) is 0.312. The van der Waals surface area contributed by atoms with Gasteiger partial charge in [0.15, 0.2) is 5.78 Å². The summed E-state index contributed by atoms with van der Waals surface area (Å²) in [5.41, 5.74) is 6.92. The second-order valence-corrected chi connectivity index (χ2v) is 8.10. The van der Waals surface area contributed by atoms with E-state index in [-0.39, 0.29) is 5.78 Å². The number of nitrogens with zero attached hydrogens (tertiary/aromatic N) is 2. The molecule has 1 aromatic heterocycles. The summed E-state index contributed by atoms with van der Waals surface area (Å²) in [5.74, 6) is 2.12. The lowest BCUT2D eigenvalue weighted by molar-refractivity contribution is 0.0980. The molecule has 2 heterocycles. The maximum atomic E-state index is 12.8. The second-order valence-electron chi connectivity index (χ2n) is 8.10. The highest BCUT2D eigenvalue weighted by Gasteiger charge is 2.19. The predicted octanol–water partition coefficient (Wildman–Crippen LogP) is 6.24. The molecule has 5 heteroatoms. The molecule has 0 atom stereocenters. The van der Waals surface area contributed by atoms with Crippen LogP contribution in [0.15, 0.2) is 48.0 Å². The Labute approximate surface area is 185 Å². The van der Waals surface area contributed by atoms with Crippen LogP contribution in [0.1, 0.15) is 66.8 Å². The van der Waals surface area contributed by atoms with Gasteiger partial charge >= 0.3 is 0 Å². The third-order valence-electron chi connectivity index (χ3n) is 5.73. The van der Waals surface area contributed by atoms with Gasteiger partial charge in [0.05, 0.1) is 24.2 Å². The number of hydrogen-bond acceptors (Lipinski definition) is 5. The predicted molar refractivity (Wildman–Crippen MR) is 128 cm³/mol. The van der Waals surface area contributed by atoms with Crippen molar-refractivity contribution in [2.45, 2.75) is 53.4 Å². The fourth-order valence-electron chi connectivity index (χ4n) is 3.94. The summed E-state index contributed by atoms with van der Waals surface area (Å²) in [6, 6.07) is 10.2. The monoisotopic (exact) mass is 419 g/mol. The number of pyridine rings is 1. The first-order valence-corrected chi connectivity index (χ1v) is 10.9. The topological polar surface area (TPSA) is 54.5 Å². The lowest BCUT2D eigenvalue weighted by atomic mass is 10.0. The number of anilines is 2. The van der Waals surface area contributed by atoms with Gasteiger partial charge in [-0.1, -0.05) is 13.0 Å². The Kier molecular flexibility index (Phi) is 7.16. The van der Waals surface area contributed by atoms with Crippen LogP contribution in [0.25, 0.3) is 5.57 Å². The van der Waals surface area contributed by atoms with E-state index < -0.39 is 0 Å². The molecule has 5 nitrogen and oxygen atoms in total. The van der Waals surface area contributed by atoms with Crippen LogP contribution in [-0.4, -0.2) is 24.9 Å². The summed E-state index contributed by atoms with van der Waals surface area (Å²) in [7, 11) is 3.74. The smallest absolute Gasteiger partial charge is 0.163 e. The van der Waals surface area contributed by atoms with Crippen LogP contribution in [0, 0.1) is 13.8 Å². The number of unbranched alkanes of at least 4 members (excludes halogenated alkanes) is 1. The maximum absolute atomic E-state index is 12.8. The standard InChI is InChI=1S/C26H33N3O2/c1-7-25(31-6)19(4)22-16-20(15-18(3)27-22)24(30)10-8-9-11-26-28-21-13-12-17(2)14-23(21)29(26)5/h11-16,28H,7-10H2,1-6H3/b25-19-,26-11-. The molecular formula is C26H33N3O2. The molecule has 1 aliphatic heterocycles. The van der Waals surface area contributed by atoms with Crippen LogP contribution in [0.3, 0.4) is 0 Å². The molecule has 0 saturated carbocycles. The van der Waals surface area contributed by atoms with E-state index in [2.05, 4.69) is 60.4 Å². The number of methoxy groups -OCH3 is 1. The number of ether oxygens (including phenoxy) is 1. The van der Waals surface area contributed by atoms with Gasteiger partial charge in [-0.15, -0.1) is 0 Å². The number of fused-ring (bicyclic) bond motifs is 1. The minimum absolute atomic E-state index is 0.153. The number of rotatable bonds is 8. The zero-order valence-electron chi connectivity index (χ0n) is 19.5. The Bertz CT molecular complexity index is 1030. The number of carbonyl (C=O) groups is 1. The van der Waals surface area contributed by atoms with E-state index in [0.29, 0.717) is 6.42 Å². The molecule has 0 saturated heterocycles. The number of aryl methyl sites for hydroxylation is 2. The summed E-state index contributed by atoms with van der Waals surface area (Å²) in [6.45, 7) is 8.07. The van der Waals surface area contributed by atoms with Crippen molar-refractivity contribution >= 4 is 22.7 Å². The summed E-state index contributed by atoms with van der Waals surface area (Å²) in [6.07, 6.45) is 5.12. The van der Waals surface area contributed by atoms with Crippen LogP contribution < -0.4 is 10.2 Å². The molecule has 3 rings (SSSR count). The molecular weight excluding hydrogens is 386 g/mol. The molecule has 1 aliphatic rings. The molecule has 0 radical (unpaired) electrons. The summed E-state index contributed by atoms with van der Waals surface area (Å²) >= 11 is 0. The first-order valence-electron chi connectivity index (χ1n) is 10.9. The lowest BCUT2D eigenvalue weighted by Gasteiger charge is -2.13. The highest BCUT2D eigenvalue weighted by atomic mass is 16.5. The number of allylic oxidation sites excluding steroid dienone is 3. The summed E-state index contributed by atoms with van der Waals surface area (Å²) in [4.78, 5) is 19.6. The molecule has 164 valence electrons. The number of hydrogen-bond donors (Lipinski definition) is 1. The Morgan fingerprint density at radius 1 is 1.23 bits per heavy atom. The van der Waals surface area contributed by atoms with Crippen molar-refractivity contribution in [2.75, 3.05) is 24.4 Å². The van der Waals surface area contributed by atoms with Crippen LogP contribution in [0.2, 0.25) is 0 Å². The van der Waals surface area contributed by atoms with Gasteiger partial charge in [0, 0.05) is 36.7 Å². The van der Waals surface area contributed by atoms with Crippen molar-refractivity contribution in [2.24, 2.45) is 0 Å². The highest BCUT2D eigenvalue weighted by Crippen LogP contribution is 2.35. The average molecular weight is 420 g/mol. The molecule has 31 heavy (non-hydrogen) atoms. The number of Topliss-reactive ketones (excluding diaryl/α,β-unsaturated/α-hetero) is 1. The van der Waals surface area contributed by atoms with E-state index in [1.165, 1.54) is 11.3 Å². The molecule has 0 bridgehead atoms. The highest BCUT2D eigenvalue weighted by molar-refractivity contribution is 5.96. The van der Waals surface area contributed by atoms with Gasteiger partial charge in [-0.25, -0.2) is 0 Å². The van der Waals surface area contributed by atoms with E-state index in [4.69, 9.17) is 4.74 Å². The van der Waals surface area contributed by atoms with Crippen LogP contribution >= 0.6 is 0 Å². The van der Waals surface area contributed by atoms with Crippen molar-refractivity contribution in [3.05, 3.63) is 70.5 Å². The first kappa shape index (κ1) is 22.6. The maximum Gasteiger partial charge on any atom is 0.163 e. The Hall–Kier alpha value is -3.08. The van der Waals surface area contributed by atoms with Gasteiger partial charge in [0.2, 0.25) is 0 Å². The number of aromatic nitrogens is 1. The Morgan fingerprint density at radius 3 is 2.71 bits per heavy atom. The molecule has 0 aliphatic carbocycles.